The zero-order valence-corrected chi connectivity index (χ0v) is 15.8. The van der Waals surface area contributed by atoms with Crippen molar-refractivity contribution in [2.75, 3.05) is 12.3 Å². The molecule has 0 amide bonds. The molecule has 2 aliphatic heterocycles. The number of fused-ring (bicyclic) bond motifs is 3. The maximum atomic E-state index is 12.1. The van der Waals surface area contributed by atoms with Gasteiger partial charge in [-0.05, 0) is 12.5 Å². The van der Waals surface area contributed by atoms with Gasteiger partial charge in [-0.3, -0.25) is 4.79 Å². The highest BCUT2D eigenvalue weighted by Crippen LogP contribution is 2.49. The fourth-order valence-electron chi connectivity index (χ4n) is 4.23. The highest BCUT2D eigenvalue weighted by molar-refractivity contribution is 5.76. The topological polar surface area (TPSA) is 125 Å². The standard InChI is InChI=1S/C20H22N4O5/c1-11(25)20-9-28-16(17(20)27-8-12-5-3-2-4-6-12)19(29-20)24-10-22-15-13(24)7-14(21)23-18(15)26/h2-7,10-11,16-17,19,25H,8-9H2,1H3,(H3,21,23,26)/t11?,16-,17+,19-,20-/m1/s1. The Balaban J connectivity index is 1.50. The summed E-state index contributed by atoms with van der Waals surface area (Å²) in [7, 11) is 0. The Kier molecular flexibility index (Phi) is 4.21. The van der Waals surface area contributed by atoms with Crippen LogP contribution in [0.3, 0.4) is 0 Å². The van der Waals surface area contributed by atoms with Gasteiger partial charge >= 0.3 is 0 Å². The Labute approximate surface area is 166 Å². The highest BCUT2D eigenvalue weighted by Gasteiger charge is 2.65. The van der Waals surface area contributed by atoms with E-state index in [0.29, 0.717) is 12.1 Å². The summed E-state index contributed by atoms with van der Waals surface area (Å²) in [5.41, 5.74) is 6.25. The van der Waals surface area contributed by atoms with E-state index in [1.165, 1.54) is 6.33 Å². The van der Waals surface area contributed by atoms with E-state index in [1.807, 2.05) is 30.3 Å². The van der Waals surface area contributed by atoms with Crippen molar-refractivity contribution in [3.8, 4) is 0 Å². The largest absolute Gasteiger partial charge is 0.390 e. The van der Waals surface area contributed by atoms with Gasteiger partial charge in [0.05, 0.1) is 31.2 Å². The third-order valence-corrected chi connectivity index (χ3v) is 5.75. The number of aromatic nitrogens is 3. The van der Waals surface area contributed by atoms with E-state index in [1.54, 1.807) is 17.6 Å². The summed E-state index contributed by atoms with van der Waals surface area (Å²) in [6.07, 6.45) is -0.847. The van der Waals surface area contributed by atoms with Crippen molar-refractivity contribution in [2.24, 2.45) is 0 Å². The monoisotopic (exact) mass is 398 g/mol. The number of hydrogen-bond acceptors (Lipinski definition) is 7. The van der Waals surface area contributed by atoms with Crippen molar-refractivity contribution in [2.45, 2.75) is 43.7 Å². The number of nitrogens with one attached hydrogen (secondary N) is 1. The lowest BCUT2D eigenvalue weighted by Gasteiger charge is -2.34. The summed E-state index contributed by atoms with van der Waals surface area (Å²) < 4.78 is 20.2. The second-order valence-corrected chi connectivity index (χ2v) is 7.57. The number of aliphatic hydroxyl groups is 1. The van der Waals surface area contributed by atoms with Gasteiger partial charge in [0.1, 0.15) is 23.6 Å². The molecule has 2 bridgehead atoms. The molecule has 2 fully saturated rings. The average Bonchev–Trinajstić information content (AvgIpc) is 3.37. The molecule has 0 radical (unpaired) electrons. The van der Waals surface area contributed by atoms with Crippen molar-refractivity contribution in [1.29, 1.82) is 0 Å². The molecular weight excluding hydrogens is 376 g/mol. The van der Waals surface area contributed by atoms with E-state index in [4.69, 9.17) is 19.9 Å². The Morgan fingerprint density at radius 2 is 2.24 bits per heavy atom. The van der Waals surface area contributed by atoms with Crippen LogP contribution in [-0.2, 0) is 20.8 Å². The lowest BCUT2D eigenvalue weighted by molar-refractivity contribution is -0.207. The van der Waals surface area contributed by atoms with Gasteiger partial charge in [0.25, 0.3) is 5.56 Å². The summed E-state index contributed by atoms with van der Waals surface area (Å²) in [4.78, 5) is 18.9. The number of nitrogens with two attached hydrogens (primary N) is 1. The van der Waals surface area contributed by atoms with Crippen molar-refractivity contribution >= 4 is 16.9 Å². The number of nitrogen functional groups attached to an aromatic ring is 1. The summed E-state index contributed by atoms with van der Waals surface area (Å²) in [5.74, 6) is 0.232. The minimum Gasteiger partial charge on any atom is -0.390 e. The van der Waals surface area contributed by atoms with Crippen molar-refractivity contribution < 1.29 is 19.3 Å². The number of aromatic amines is 1. The second kappa shape index (κ2) is 6.67. The molecule has 1 aromatic carbocycles. The maximum Gasteiger partial charge on any atom is 0.277 e. The second-order valence-electron chi connectivity index (χ2n) is 7.57. The quantitative estimate of drug-likeness (QED) is 0.584. The van der Waals surface area contributed by atoms with Gasteiger partial charge in [0.15, 0.2) is 11.7 Å². The minimum atomic E-state index is -1.01. The molecule has 5 atom stereocenters. The molecule has 0 aliphatic carbocycles. The van der Waals surface area contributed by atoms with Crippen LogP contribution in [0.1, 0.15) is 18.7 Å². The SMILES string of the molecule is CC(O)[C@@]12CO[C@@H]([C@H](n3cnc4c(=O)[nH]c(N)cc43)O1)[C@@H]2OCc1ccccc1. The lowest BCUT2D eigenvalue weighted by Crippen LogP contribution is -2.50. The predicted octanol–water partition coefficient (Wildman–Crippen LogP) is 0.939. The number of anilines is 1. The number of imidazole rings is 1. The molecule has 9 nitrogen and oxygen atoms in total. The molecule has 29 heavy (non-hydrogen) atoms. The smallest absolute Gasteiger partial charge is 0.277 e. The van der Waals surface area contributed by atoms with E-state index >= 15 is 0 Å². The van der Waals surface area contributed by atoms with Gasteiger partial charge < -0.3 is 34.6 Å². The number of aliphatic hydroxyl groups excluding tert-OH is 1. The molecule has 4 heterocycles. The zero-order valence-electron chi connectivity index (χ0n) is 15.8. The number of benzene rings is 1. The first kappa shape index (κ1) is 18.3. The van der Waals surface area contributed by atoms with Crippen LogP contribution >= 0.6 is 0 Å². The van der Waals surface area contributed by atoms with Gasteiger partial charge in [-0.2, -0.15) is 0 Å². The molecule has 2 aromatic heterocycles. The Bertz CT molecular complexity index is 1100. The number of nitrogens with zero attached hydrogens (tertiary/aromatic N) is 2. The van der Waals surface area contributed by atoms with Gasteiger partial charge in [-0.25, -0.2) is 4.98 Å². The van der Waals surface area contributed by atoms with Crippen LogP contribution in [0.5, 0.6) is 0 Å². The van der Waals surface area contributed by atoms with E-state index in [2.05, 4.69) is 9.97 Å². The molecule has 5 rings (SSSR count). The Hall–Kier alpha value is -2.72. The Morgan fingerprint density at radius 3 is 3.00 bits per heavy atom. The van der Waals surface area contributed by atoms with Crippen LogP contribution in [0.25, 0.3) is 11.0 Å². The first-order valence-corrected chi connectivity index (χ1v) is 9.48. The van der Waals surface area contributed by atoms with Gasteiger partial charge in [-0.1, -0.05) is 30.3 Å². The fraction of sp³-hybridized carbons (Fsp3) is 0.400. The predicted molar refractivity (Wildman–Crippen MR) is 104 cm³/mol. The van der Waals surface area contributed by atoms with Crippen molar-refractivity contribution in [1.82, 2.24) is 14.5 Å². The number of H-pyrrole nitrogens is 1. The van der Waals surface area contributed by atoms with E-state index < -0.39 is 30.1 Å². The maximum absolute atomic E-state index is 12.1. The molecular formula is C20H22N4O5. The zero-order chi connectivity index (χ0) is 20.2. The van der Waals surface area contributed by atoms with E-state index in [9.17, 15) is 9.90 Å². The molecule has 4 N–H and O–H groups in total. The Morgan fingerprint density at radius 1 is 1.45 bits per heavy atom. The van der Waals surface area contributed by atoms with Gasteiger partial charge in [0, 0.05) is 6.07 Å². The first-order valence-electron chi connectivity index (χ1n) is 9.48. The van der Waals surface area contributed by atoms with E-state index in [0.717, 1.165) is 5.56 Å². The molecule has 0 saturated carbocycles. The van der Waals surface area contributed by atoms with E-state index in [-0.39, 0.29) is 23.5 Å². The lowest BCUT2D eigenvalue weighted by atomic mass is 9.93. The van der Waals surface area contributed by atoms with Crippen LogP contribution in [0.4, 0.5) is 5.82 Å². The normalized spacial score (nSPS) is 29.5. The third-order valence-electron chi connectivity index (χ3n) is 5.75. The van der Waals surface area contributed by atoms with Crippen molar-refractivity contribution in [3.05, 3.63) is 58.6 Å². The highest BCUT2D eigenvalue weighted by atomic mass is 16.7. The fourth-order valence-corrected chi connectivity index (χ4v) is 4.23. The number of rotatable bonds is 5. The molecule has 152 valence electrons. The number of hydrogen-bond donors (Lipinski definition) is 3. The number of ether oxygens (including phenoxy) is 3. The van der Waals surface area contributed by atoms with Crippen LogP contribution in [0.2, 0.25) is 0 Å². The molecule has 0 spiro atoms. The van der Waals surface area contributed by atoms with Crippen molar-refractivity contribution in [3.63, 3.8) is 0 Å². The first-order chi connectivity index (χ1) is 14.0. The van der Waals surface area contributed by atoms with Crippen LogP contribution in [0.15, 0.2) is 47.5 Å². The van der Waals surface area contributed by atoms with Crippen LogP contribution in [-0.4, -0.2) is 50.2 Å². The minimum absolute atomic E-state index is 0.223. The third kappa shape index (κ3) is 2.77. The van der Waals surface area contributed by atoms with Gasteiger partial charge in [-0.15, -0.1) is 0 Å². The average molecular weight is 398 g/mol. The molecule has 3 aromatic rings. The summed E-state index contributed by atoms with van der Waals surface area (Å²) in [6, 6.07) is 11.4. The molecule has 1 unspecified atom stereocenters. The summed E-state index contributed by atoms with van der Waals surface area (Å²) in [6.45, 7) is 2.26. The number of pyridine rings is 1. The molecule has 2 aliphatic rings. The molecule has 2 saturated heterocycles. The summed E-state index contributed by atoms with van der Waals surface area (Å²) >= 11 is 0. The van der Waals surface area contributed by atoms with Gasteiger partial charge in [0.2, 0.25) is 0 Å². The summed E-state index contributed by atoms with van der Waals surface area (Å²) in [5, 5.41) is 10.5. The van der Waals surface area contributed by atoms with Crippen LogP contribution < -0.4 is 11.3 Å². The van der Waals surface area contributed by atoms with Crippen LogP contribution in [0, 0.1) is 0 Å². The molecule has 9 heteroatoms.